The van der Waals surface area contributed by atoms with E-state index in [4.69, 9.17) is 9.47 Å². The molecule has 0 saturated heterocycles. The molecule has 1 amide bonds. The summed E-state index contributed by atoms with van der Waals surface area (Å²) in [5.41, 5.74) is 4.36. The predicted molar refractivity (Wildman–Crippen MR) is 136 cm³/mol. The number of benzene rings is 4. The molecule has 0 spiro atoms. The van der Waals surface area contributed by atoms with Gasteiger partial charge in [0.25, 0.3) is 5.91 Å². The van der Waals surface area contributed by atoms with E-state index in [0.29, 0.717) is 17.9 Å². The number of halogens is 1. The zero-order valence-corrected chi connectivity index (χ0v) is 19.8. The topological polar surface area (TPSA) is 47.6 Å². The highest BCUT2D eigenvalue weighted by Gasteiger charge is 2.12. The van der Waals surface area contributed by atoms with Crippen molar-refractivity contribution in [2.75, 3.05) is 11.9 Å². The minimum atomic E-state index is -0.190. The van der Waals surface area contributed by atoms with Crippen LogP contribution in [0, 0.1) is 0 Å². The van der Waals surface area contributed by atoms with Gasteiger partial charge in [0.1, 0.15) is 18.1 Å². The van der Waals surface area contributed by atoms with Gasteiger partial charge in [0.15, 0.2) is 0 Å². The molecule has 0 saturated carbocycles. The third-order valence-electron chi connectivity index (χ3n) is 5.06. The summed E-state index contributed by atoms with van der Waals surface area (Å²) in [6.45, 7) is 2.75. The van der Waals surface area contributed by atoms with E-state index in [-0.39, 0.29) is 12.5 Å². The predicted octanol–water partition coefficient (Wildman–Crippen LogP) is 7.35. The number of carbonyl (C=O) groups excluding carboxylic acids is 1. The van der Waals surface area contributed by atoms with Gasteiger partial charge in [0.05, 0.1) is 6.61 Å². The van der Waals surface area contributed by atoms with Gasteiger partial charge in [-0.2, -0.15) is 0 Å². The van der Waals surface area contributed by atoms with E-state index in [1.165, 1.54) is 0 Å². The Bertz CT molecular complexity index is 1220. The molecule has 0 aliphatic carbocycles. The van der Waals surface area contributed by atoms with E-state index < -0.39 is 0 Å². The van der Waals surface area contributed by atoms with Gasteiger partial charge in [-0.25, -0.2) is 0 Å². The molecular weight excluding hydrogens is 478 g/mol. The van der Waals surface area contributed by atoms with E-state index in [0.717, 1.165) is 32.6 Å². The fraction of sp³-hybridized carbons (Fsp3) is 0.107. The molecule has 0 bridgehead atoms. The van der Waals surface area contributed by atoms with E-state index in [1.54, 1.807) is 6.07 Å². The maximum Gasteiger partial charge on any atom is 0.255 e. The van der Waals surface area contributed by atoms with Gasteiger partial charge in [0.2, 0.25) is 0 Å². The second-order valence-corrected chi connectivity index (χ2v) is 8.31. The fourth-order valence-corrected chi connectivity index (χ4v) is 3.83. The molecule has 0 radical (unpaired) electrons. The van der Waals surface area contributed by atoms with Gasteiger partial charge in [-0.1, -0.05) is 64.5 Å². The van der Waals surface area contributed by atoms with Gasteiger partial charge in [-0.05, 0) is 66.6 Å². The summed E-state index contributed by atoms with van der Waals surface area (Å²) in [6.07, 6.45) is 0. The number of anilines is 1. The van der Waals surface area contributed by atoms with Crippen LogP contribution in [0.25, 0.3) is 11.1 Å². The first-order valence-corrected chi connectivity index (χ1v) is 11.5. The molecule has 0 aliphatic rings. The Morgan fingerprint density at radius 3 is 2.30 bits per heavy atom. The maximum atomic E-state index is 12.8. The van der Waals surface area contributed by atoms with Crippen LogP contribution in [-0.2, 0) is 6.61 Å². The zero-order valence-electron chi connectivity index (χ0n) is 18.3. The van der Waals surface area contributed by atoms with Crippen LogP contribution < -0.4 is 14.8 Å². The van der Waals surface area contributed by atoms with Crippen LogP contribution in [0.15, 0.2) is 102 Å². The molecule has 1 N–H and O–H groups in total. The van der Waals surface area contributed by atoms with Crippen LogP contribution in [0.2, 0.25) is 0 Å². The van der Waals surface area contributed by atoms with E-state index in [1.807, 2.05) is 85.8 Å². The van der Waals surface area contributed by atoms with Gasteiger partial charge in [-0.3, -0.25) is 4.79 Å². The Kier molecular flexibility index (Phi) is 7.43. The van der Waals surface area contributed by atoms with Crippen LogP contribution in [0.4, 0.5) is 5.69 Å². The summed E-state index contributed by atoms with van der Waals surface area (Å²) < 4.78 is 12.7. The van der Waals surface area contributed by atoms with Gasteiger partial charge in [-0.15, -0.1) is 0 Å². The maximum absolute atomic E-state index is 12.8. The average Bonchev–Trinajstić information content (AvgIpc) is 2.84. The minimum absolute atomic E-state index is 0.190. The first-order valence-electron chi connectivity index (χ1n) is 10.7. The number of hydrogen-bond donors (Lipinski definition) is 1. The standard InChI is InChI=1S/C28H24BrNO3/c1-2-32-27-16-13-22(28(31)30-25-10-6-9-24(29)18-25)17-23(27)19-33-26-14-11-21(12-15-26)20-7-4-3-5-8-20/h3-18H,2,19H2,1H3,(H,30,31). The number of rotatable bonds is 8. The lowest BCUT2D eigenvalue weighted by Gasteiger charge is -2.14. The second kappa shape index (κ2) is 10.8. The monoisotopic (exact) mass is 501 g/mol. The number of hydrogen-bond acceptors (Lipinski definition) is 3. The highest BCUT2D eigenvalue weighted by Crippen LogP contribution is 2.26. The van der Waals surface area contributed by atoms with Crippen molar-refractivity contribution in [2.24, 2.45) is 0 Å². The Morgan fingerprint density at radius 2 is 1.58 bits per heavy atom. The number of amides is 1. The minimum Gasteiger partial charge on any atom is -0.493 e. The van der Waals surface area contributed by atoms with Crippen LogP contribution in [-0.4, -0.2) is 12.5 Å². The molecule has 4 aromatic carbocycles. The number of nitrogens with one attached hydrogen (secondary N) is 1. The smallest absolute Gasteiger partial charge is 0.255 e. The normalized spacial score (nSPS) is 10.5. The summed E-state index contributed by atoms with van der Waals surface area (Å²) in [5, 5.41) is 2.92. The molecule has 5 heteroatoms. The Labute approximate surface area is 202 Å². The van der Waals surface area contributed by atoms with E-state index in [9.17, 15) is 4.79 Å². The van der Waals surface area contributed by atoms with Crippen LogP contribution >= 0.6 is 15.9 Å². The summed E-state index contributed by atoms with van der Waals surface area (Å²) in [6, 6.07) is 31.1. The van der Waals surface area contributed by atoms with Gasteiger partial charge < -0.3 is 14.8 Å². The van der Waals surface area contributed by atoms with Crippen LogP contribution in [0.3, 0.4) is 0 Å². The average molecular weight is 502 g/mol. The summed E-state index contributed by atoms with van der Waals surface area (Å²) >= 11 is 3.42. The molecule has 166 valence electrons. The Morgan fingerprint density at radius 1 is 0.818 bits per heavy atom. The molecule has 4 rings (SSSR count). The second-order valence-electron chi connectivity index (χ2n) is 7.40. The summed E-state index contributed by atoms with van der Waals surface area (Å²) in [7, 11) is 0. The van der Waals surface area contributed by atoms with Crippen molar-refractivity contribution in [3.63, 3.8) is 0 Å². The molecule has 0 unspecified atom stereocenters. The molecule has 4 nitrogen and oxygen atoms in total. The third kappa shape index (κ3) is 6.02. The van der Waals surface area contributed by atoms with Crippen molar-refractivity contribution in [3.8, 4) is 22.6 Å². The SMILES string of the molecule is CCOc1ccc(C(=O)Nc2cccc(Br)c2)cc1COc1ccc(-c2ccccc2)cc1. The fourth-order valence-electron chi connectivity index (χ4n) is 3.43. The Hall–Kier alpha value is -3.57. The lowest BCUT2D eigenvalue weighted by molar-refractivity contribution is 0.102. The third-order valence-corrected chi connectivity index (χ3v) is 5.55. The highest BCUT2D eigenvalue weighted by molar-refractivity contribution is 9.10. The van der Waals surface area contributed by atoms with E-state index >= 15 is 0 Å². The molecule has 0 heterocycles. The molecule has 0 atom stereocenters. The van der Waals surface area contributed by atoms with Crippen molar-refractivity contribution in [1.29, 1.82) is 0 Å². The molecule has 0 aliphatic heterocycles. The molecular formula is C28H24BrNO3. The molecule has 0 fully saturated rings. The Balaban J connectivity index is 1.48. The quantitative estimate of drug-likeness (QED) is 0.274. The van der Waals surface area contributed by atoms with E-state index in [2.05, 4.69) is 33.4 Å². The van der Waals surface area contributed by atoms with Crippen molar-refractivity contribution < 1.29 is 14.3 Å². The van der Waals surface area contributed by atoms with Crippen molar-refractivity contribution >= 4 is 27.5 Å². The highest BCUT2D eigenvalue weighted by atomic mass is 79.9. The lowest BCUT2D eigenvalue weighted by Crippen LogP contribution is -2.13. The first-order chi connectivity index (χ1) is 16.1. The molecule has 33 heavy (non-hydrogen) atoms. The van der Waals surface area contributed by atoms with Crippen molar-refractivity contribution in [1.82, 2.24) is 0 Å². The van der Waals surface area contributed by atoms with Gasteiger partial charge >= 0.3 is 0 Å². The van der Waals surface area contributed by atoms with Crippen molar-refractivity contribution in [3.05, 3.63) is 113 Å². The molecule has 0 aromatic heterocycles. The van der Waals surface area contributed by atoms with Crippen LogP contribution in [0.5, 0.6) is 11.5 Å². The lowest BCUT2D eigenvalue weighted by atomic mass is 10.1. The van der Waals surface area contributed by atoms with Crippen LogP contribution in [0.1, 0.15) is 22.8 Å². The first kappa shape index (κ1) is 22.6. The zero-order chi connectivity index (χ0) is 23.0. The number of ether oxygens (including phenoxy) is 2. The summed E-state index contributed by atoms with van der Waals surface area (Å²) in [5.74, 6) is 1.27. The van der Waals surface area contributed by atoms with Crippen molar-refractivity contribution in [2.45, 2.75) is 13.5 Å². The molecule has 4 aromatic rings. The summed E-state index contributed by atoms with van der Waals surface area (Å²) in [4.78, 5) is 12.8. The van der Waals surface area contributed by atoms with Gasteiger partial charge in [0, 0.05) is 21.3 Å². The number of carbonyl (C=O) groups is 1. The largest absolute Gasteiger partial charge is 0.493 e.